The van der Waals surface area contributed by atoms with Gasteiger partial charge < -0.3 is 25.2 Å². The van der Waals surface area contributed by atoms with Crippen LogP contribution in [0.1, 0.15) is 49.2 Å². The van der Waals surface area contributed by atoms with Gasteiger partial charge in [-0.1, -0.05) is 0 Å². The number of carbonyl (C=O) groups is 2. The first-order valence-corrected chi connectivity index (χ1v) is 13.3. The van der Waals surface area contributed by atoms with Crippen LogP contribution in [0.15, 0.2) is 43.0 Å². The number of hydrogen-bond acceptors (Lipinski definition) is 8. The number of piperidine rings is 1. The third kappa shape index (κ3) is 6.92. The van der Waals surface area contributed by atoms with Crippen molar-refractivity contribution >= 4 is 11.8 Å². The largest absolute Gasteiger partial charge is 0.489 e. The van der Waals surface area contributed by atoms with E-state index < -0.39 is 23.8 Å². The highest BCUT2D eigenvalue weighted by molar-refractivity contribution is 5.96. The van der Waals surface area contributed by atoms with Gasteiger partial charge in [0, 0.05) is 42.2 Å². The molecule has 3 N–H and O–H groups in total. The first-order valence-electron chi connectivity index (χ1n) is 13.3. The van der Waals surface area contributed by atoms with Gasteiger partial charge in [-0.3, -0.25) is 19.3 Å². The number of ether oxygens (including phenoxy) is 2. The number of primary amides is 1. The van der Waals surface area contributed by atoms with Gasteiger partial charge in [0.15, 0.2) is 6.17 Å². The molecule has 4 heterocycles. The zero-order chi connectivity index (χ0) is 28.4. The fourth-order valence-electron chi connectivity index (χ4n) is 4.49. The number of pyridine rings is 2. The van der Waals surface area contributed by atoms with Crippen LogP contribution in [0.5, 0.6) is 11.6 Å². The van der Waals surface area contributed by atoms with Crippen molar-refractivity contribution in [2.24, 2.45) is 5.73 Å². The van der Waals surface area contributed by atoms with Gasteiger partial charge >= 0.3 is 0 Å². The molecule has 0 radical (unpaired) electrons. The van der Waals surface area contributed by atoms with Crippen molar-refractivity contribution in [2.45, 2.75) is 70.1 Å². The minimum atomic E-state index is -1.48. The fourth-order valence-corrected chi connectivity index (χ4v) is 4.49. The molecule has 11 nitrogen and oxygen atoms in total. The number of alkyl halides is 1. The van der Waals surface area contributed by atoms with Crippen LogP contribution in [-0.2, 0) is 17.8 Å². The predicted octanol–water partition coefficient (Wildman–Crippen LogP) is 2.31. The topological polar surface area (TPSA) is 146 Å². The van der Waals surface area contributed by atoms with Crippen molar-refractivity contribution in [3.8, 4) is 22.8 Å². The average Bonchev–Trinajstić information content (AvgIpc) is 3.60. The second kappa shape index (κ2) is 11.2. The first kappa shape index (κ1) is 27.5. The van der Waals surface area contributed by atoms with Crippen molar-refractivity contribution in [1.29, 1.82) is 0 Å². The Labute approximate surface area is 231 Å². The summed E-state index contributed by atoms with van der Waals surface area (Å²) < 4.78 is 28.2. The molecule has 2 fully saturated rings. The predicted molar refractivity (Wildman–Crippen MR) is 142 cm³/mol. The molecule has 3 aromatic heterocycles. The van der Waals surface area contributed by atoms with Crippen molar-refractivity contribution < 1.29 is 28.6 Å². The molecule has 12 heteroatoms. The number of rotatable bonds is 10. The van der Waals surface area contributed by atoms with E-state index in [1.165, 1.54) is 17.2 Å². The van der Waals surface area contributed by atoms with E-state index >= 15 is 4.39 Å². The van der Waals surface area contributed by atoms with Gasteiger partial charge in [-0.25, -0.2) is 9.37 Å². The summed E-state index contributed by atoms with van der Waals surface area (Å²) in [5, 5.41) is 14.3. The van der Waals surface area contributed by atoms with E-state index in [2.05, 4.69) is 15.1 Å². The monoisotopic (exact) mass is 552 g/mol. The summed E-state index contributed by atoms with van der Waals surface area (Å²) in [7, 11) is 0. The van der Waals surface area contributed by atoms with Gasteiger partial charge in [0.2, 0.25) is 11.8 Å². The van der Waals surface area contributed by atoms with Crippen LogP contribution in [0, 0.1) is 0 Å². The second-order valence-electron chi connectivity index (χ2n) is 11.0. The summed E-state index contributed by atoms with van der Waals surface area (Å²) in [6, 6.07) is 5.07. The van der Waals surface area contributed by atoms with Crippen molar-refractivity contribution in [2.75, 3.05) is 13.1 Å². The van der Waals surface area contributed by atoms with Gasteiger partial charge in [-0.15, -0.1) is 0 Å². The molecule has 212 valence electrons. The van der Waals surface area contributed by atoms with E-state index in [1.807, 2.05) is 0 Å². The third-order valence-electron chi connectivity index (χ3n) is 6.69. The van der Waals surface area contributed by atoms with Gasteiger partial charge in [0.1, 0.15) is 17.4 Å². The molecule has 0 spiro atoms. The highest BCUT2D eigenvalue weighted by Crippen LogP contribution is 2.28. The second-order valence-corrected chi connectivity index (χ2v) is 11.0. The van der Waals surface area contributed by atoms with Crippen LogP contribution in [0.4, 0.5) is 4.39 Å². The van der Waals surface area contributed by atoms with Gasteiger partial charge in [0.25, 0.3) is 5.91 Å². The molecule has 1 saturated carbocycles. The lowest BCUT2D eigenvalue weighted by Gasteiger charge is -2.34. The molecule has 0 unspecified atom stereocenters. The maximum Gasteiger partial charge on any atom is 0.254 e. The number of nitrogens with two attached hydrogens (primary N) is 1. The molecule has 40 heavy (non-hydrogen) atoms. The van der Waals surface area contributed by atoms with E-state index in [1.54, 1.807) is 49.3 Å². The quantitative estimate of drug-likeness (QED) is 0.390. The average molecular weight is 553 g/mol. The van der Waals surface area contributed by atoms with Crippen LogP contribution in [-0.4, -0.2) is 78.6 Å². The van der Waals surface area contributed by atoms with Gasteiger partial charge in [0.05, 0.1) is 43.6 Å². The van der Waals surface area contributed by atoms with Crippen molar-refractivity contribution in [3.63, 3.8) is 0 Å². The number of hydrogen-bond donors (Lipinski definition) is 2. The SMILES string of the molecule is CC(C)(O)Cn1cc(-c2cnc(O[C@H]3CCN(C(=O)Cc4ccc(OC5CC5)cn4)C[C@@H]3F)c(C(N)=O)c2)cn1. The minimum absolute atomic E-state index is 0.0126. The lowest BCUT2D eigenvalue weighted by atomic mass is 10.0. The highest BCUT2D eigenvalue weighted by atomic mass is 19.1. The lowest BCUT2D eigenvalue weighted by Crippen LogP contribution is -2.49. The third-order valence-corrected chi connectivity index (χ3v) is 6.69. The highest BCUT2D eigenvalue weighted by Gasteiger charge is 2.34. The standard InChI is InChI=1S/C28H33FN6O5/c1-28(2,38)16-35-14-18(12-33-35)17-9-22(26(30)37)27(32-11-17)40-24-7-8-34(15-23(24)29)25(36)10-19-3-4-21(13-31-19)39-20-5-6-20/h3-4,9,11-14,20,23-24,38H,5-8,10,15-16H2,1-2H3,(H2,30,37)/t23-,24-/m0/s1. The van der Waals surface area contributed by atoms with Crippen LogP contribution in [0.25, 0.3) is 11.1 Å². The Morgan fingerprint density at radius 1 is 1.12 bits per heavy atom. The molecule has 2 amide bonds. The number of aromatic nitrogens is 4. The molecule has 0 bridgehead atoms. The van der Waals surface area contributed by atoms with E-state index in [9.17, 15) is 14.7 Å². The zero-order valence-corrected chi connectivity index (χ0v) is 22.5. The summed E-state index contributed by atoms with van der Waals surface area (Å²) in [6.07, 6.45) is 6.67. The number of carbonyl (C=O) groups excluding carboxylic acids is 2. The lowest BCUT2D eigenvalue weighted by molar-refractivity contribution is -0.134. The zero-order valence-electron chi connectivity index (χ0n) is 22.5. The summed E-state index contributed by atoms with van der Waals surface area (Å²) in [6.45, 7) is 3.77. The fraction of sp³-hybridized carbons (Fsp3) is 0.464. The smallest absolute Gasteiger partial charge is 0.254 e. The Bertz CT molecular complexity index is 1370. The number of nitrogens with zero attached hydrogens (tertiary/aromatic N) is 5. The van der Waals surface area contributed by atoms with E-state index in [-0.39, 0.29) is 55.9 Å². The number of aliphatic hydroxyl groups is 1. The maximum absolute atomic E-state index is 15.2. The normalized spacial score (nSPS) is 19.4. The van der Waals surface area contributed by atoms with Crippen molar-refractivity contribution in [3.05, 3.63) is 54.2 Å². The number of amides is 2. The molecule has 3 aromatic rings. The van der Waals surface area contributed by atoms with Crippen LogP contribution in [0.3, 0.4) is 0 Å². The molecule has 1 saturated heterocycles. The molecular formula is C28H33FN6O5. The van der Waals surface area contributed by atoms with Gasteiger partial charge in [-0.2, -0.15) is 5.10 Å². The molecular weight excluding hydrogens is 519 g/mol. The van der Waals surface area contributed by atoms with E-state index in [4.69, 9.17) is 15.2 Å². The van der Waals surface area contributed by atoms with Crippen LogP contribution < -0.4 is 15.2 Å². The minimum Gasteiger partial charge on any atom is -0.489 e. The summed E-state index contributed by atoms with van der Waals surface area (Å²) in [5.74, 6) is -0.379. The van der Waals surface area contributed by atoms with Crippen LogP contribution in [0.2, 0.25) is 0 Å². The molecule has 1 aliphatic heterocycles. The molecule has 2 aliphatic rings. The Morgan fingerprint density at radius 3 is 2.58 bits per heavy atom. The van der Waals surface area contributed by atoms with Gasteiger partial charge in [-0.05, 0) is 44.9 Å². The first-order chi connectivity index (χ1) is 19.0. The van der Waals surface area contributed by atoms with Crippen molar-refractivity contribution in [1.82, 2.24) is 24.6 Å². The number of likely N-dealkylation sites (tertiary alicyclic amines) is 1. The summed E-state index contributed by atoms with van der Waals surface area (Å²) >= 11 is 0. The molecule has 0 aromatic carbocycles. The van der Waals surface area contributed by atoms with Crippen LogP contribution >= 0.6 is 0 Å². The summed E-state index contributed by atoms with van der Waals surface area (Å²) in [5.41, 5.74) is 6.47. The Hall–Kier alpha value is -4.06. The Kier molecular flexibility index (Phi) is 7.70. The number of halogens is 1. The molecule has 2 atom stereocenters. The van der Waals surface area contributed by atoms with E-state index in [0.29, 0.717) is 22.6 Å². The van der Waals surface area contributed by atoms with E-state index in [0.717, 1.165) is 12.8 Å². The summed E-state index contributed by atoms with van der Waals surface area (Å²) in [4.78, 5) is 35.0. The Morgan fingerprint density at radius 2 is 1.93 bits per heavy atom. The maximum atomic E-state index is 15.2. The molecule has 1 aliphatic carbocycles. The Balaban J connectivity index is 1.19. The molecule has 5 rings (SSSR count).